The highest BCUT2D eigenvalue weighted by Crippen LogP contribution is 2.30. The van der Waals surface area contributed by atoms with Gasteiger partial charge >= 0.3 is 0 Å². The molecule has 2 aromatic carbocycles. The van der Waals surface area contributed by atoms with Gasteiger partial charge < -0.3 is 10.4 Å². The van der Waals surface area contributed by atoms with Crippen molar-refractivity contribution < 1.29 is 5.11 Å². The number of hydrogen-bond donors (Lipinski definition) is 2. The van der Waals surface area contributed by atoms with Crippen LogP contribution in [0, 0.1) is 5.92 Å². The molecule has 0 unspecified atom stereocenters. The van der Waals surface area contributed by atoms with Crippen LogP contribution in [-0.4, -0.2) is 33.1 Å². The molecule has 32 heavy (non-hydrogen) atoms. The predicted molar refractivity (Wildman–Crippen MR) is 130 cm³/mol. The van der Waals surface area contributed by atoms with Crippen LogP contribution >= 0.6 is 0 Å². The summed E-state index contributed by atoms with van der Waals surface area (Å²) in [6.07, 6.45) is 6.34. The number of pyridine rings is 1. The number of nitrogens with zero attached hydrogens (tertiary/aromatic N) is 3. The number of aliphatic imine (C=N–C) groups is 1. The third-order valence-electron chi connectivity index (χ3n) is 6.29. The lowest BCUT2D eigenvalue weighted by atomic mass is 9.85. The molecule has 0 saturated heterocycles. The first-order valence-electron chi connectivity index (χ1n) is 11.4. The fourth-order valence-corrected chi connectivity index (χ4v) is 4.61. The maximum atomic E-state index is 9.83. The summed E-state index contributed by atoms with van der Waals surface area (Å²) < 4.78 is 1.88. The first-order valence-corrected chi connectivity index (χ1v) is 11.4. The molecule has 0 spiro atoms. The van der Waals surface area contributed by atoms with E-state index in [1.165, 1.54) is 12.8 Å². The van der Waals surface area contributed by atoms with E-state index in [1.807, 2.05) is 47.0 Å². The summed E-state index contributed by atoms with van der Waals surface area (Å²) in [6.45, 7) is 0.226. The second-order valence-corrected chi connectivity index (χ2v) is 8.44. The molecule has 0 aliphatic heterocycles. The Kier molecular flexibility index (Phi) is 5.99. The Morgan fingerprint density at radius 2 is 1.62 bits per heavy atom. The standard InChI is InChI=1S/C27H28N4O/c32-19-22-13-7-8-14-25(22)29-23-17-24-15-16-28-31(24)26(18-23)30-27(20-9-3-1-4-10-20)21-11-5-2-6-12-21/h1-6,9-12,15-18,22,25,29,32H,7-8,13-14,19H2/t22-,25-/m1/s1. The molecule has 1 aliphatic rings. The van der Waals surface area contributed by atoms with E-state index in [2.05, 4.69) is 46.8 Å². The van der Waals surface area contributed by atoms with Crippen LogP contribution in [0.3, 0.4) is 0 Å². The maximum Gasteiger partial charge on any atom is 0.156 e. The fourth-order valence-electron chi connectivity index (χ4n) is 4.61. The molecular weight excluding hydrogens is 396 g/mol. The zero-order chi connectivity index (χ0) is 21.8. The molecule has 2 aromatic heterocycles. The van der Waals surface area contributed by atoms with Gasteiger partial charge in [0.2, 0.25) is 0 Å². The molecule has 2 N–H and O–H groups in total. The van der Waals surface area contributed by atoms with Gasteiger partial charge in [0.1, 0.15) is 0 Å². The van der Waals surface area contributed by atoms with Gasteiger partial charge in [0, 0.05) is 41.4 Å². The van der Waals surface area contributed by atoms with Crippen LogP contribution in [-0.2, 0) is 0 Å². The van der Waals surface area contributed by atoms with Gasteiger partial charge in [-0.1, -0.05) is 73.5 Å². The Balaban J connectivity index is 1.59. The van der Waals surface area contributed by atoms with Crippen LogP contribution in [0.2, 0.25) is 0 Å². The lowest BCUT2D eigenvalue weighted by Crippen LogP contribution is -2.34. The van der Waals surface area contributed by atoms with Crippen molar-refractivity contribution in [3.05, 3.63) is 96.2 Å². The molecule has 5 nitrogen and oxygen atoms in total. The van der Waals surface area contributed by atoms with Gasteiger partial charge in [-0.15, -0.1) is 0 Å². The first kappa shape index (κ1) is 20.5. The van der Waals surface area contributed by atoms with E-state index in [-0.39, 0.29) is 12.6 Å². The highest BCUT2D eigenvalue weighted by atomic mass is 16.3. The molecule has 0 radical (unpaired) electrons. The van der Waals surface area contributed by atoms with Crippen LogP contribution in [0.25, 0.3) is 5.52 Å². The number of rotatable bonds is 6. The summed E-state index contributed by atoms with van der Waals surface area (Å²) in [7, 11) is 0. The van der Waals surface area contributed by atoms with E-state index in [9.17, 15) is 5.11 Å². The van der Waals surface area contributed by atoms with E-state index in [0.29, 0.717) is 5.92 Å². The van der Waals surface area contributed by atoms with Crippen molar-refractivity contribution in [1.82, 2.24) is 9.61 Å². The second kappa shape index (κ2) is 9.37. The van der Waals surface area contributed by atoms with E-state index < -0.39 is 0 Å². The number of aromatic nitrogens is 2. The summed E-state index contributed by atoms with van der Waals surface area (Å²) in [4.78, 5) is 5.12. The van der Waals surface area contributed by atoms with Crippen LogP contribution in [0.15, 0.2) is 90.1 Å². The average molecular weight is 425 g/mol. The van der Waals surface area contributed by atoms with Crippen LogP contribution in [0.1, 0.15) is 36.8 Å². The largest absolute Gasteiger partial charge is 0.396 e. The molecule has 1 fully saturated rings. The lowest BCUT2D eigenvalue weighted by Gasteiger charge is -2.31. The summed E-state index contributed by atoms with van der Waals surface area (Å²) in [6, 6.07) is 27.0. The fraction of sp³-hybridized carbons (Fsp3) is 0.259. The second-order valence-electron chi connectivity index (χ2n) is 8.44. The molecule has 2 heterocycles. The zero-order valence-corrected chi connectivity index (χ0v) is 18.1. The Bertz CT molecular complexity index is 1160. The van der Waals surface area contributed by atoms with E-state index in [1.54, 1.807) is 6.20 Å². The molecule has 1 saturated carbocycles. The molecule has 0 amide bonds. The number of anilines is 1. The molecule has 0 bridgehead atoms. The van der Waals surface area contributed by atoms with Crippen molar-refractivity contribution in [2.45, 2.75) is 31.7 Å². The van der Waals surface area contributed by atoms with Gasteiger partial charge in [-0.25, -0.2) is 9.51 Å². The normalized spacial score (nSPS) is 18.4. The van der Waals surface area contributed by atoms with Gasteiger partial charge in [-0.2, -0.15) is 5.10 Å². The number of aliphatic hydroxyl groups is 1. The summed E-state index contributed by atoms with van der Waals surface area (Å²) >= 11 is 0. The molecule has 4 aromatic rings. The molecule has 1 aliphatic carbocycles. The number of nitrogens with one attached hydrogen (secondary N) is 1. The van der Waals surface area contributed by atoms with Gasteiger partial charge in [0.15, 0.2) is 5.82 Å². The van der Waals surface area contributed by atoms with Crippen LogP contribution in [0.4, 0.5) is 11.5 Å². The van der Waals surface area contributed by atoms with Gasteiger partial charge in [0.05, 0.1) is 17.4 Å². The average Bonchev–Trinajstić information content (AvgIpc) is 3.33. The number of benzene rings is 2. The van der Waals surface area contributed by atoms with Crippen molar-refractivity contribution in [2.75, 3.05) is 11.9 Å². The Labute approximate surface area is 188 Å². The van der Waals surface area contributed by atoms with Crippen molar-refractivity contribution in [3.63, 3.8) is 0 Å². The third kappa shape index (κ3) is 4.30. The summed E-state index contributed by atoms with van der Waals surface area (Å²) in [5.74, 6) is 1.06. The first-order chi connectivity index (χ1) is 15.8. The SMILES string of the molecule is OC[C@H]1CCCC[C@H]1Nc1cc(N=C(c2ccccc2)c2ccccc2)n2nccc2c1. The summed E-state index contributed by atoms with van der Waals surface area (Å²) in [5, 5.41) is 18.0. The molecule has 162 valence electrons. The Morgan fingerprint density at radius 1 is 0.938 bits per heavy atom. The van der Waals surface area contributed by atoms with E-state index in [4.69, 9.17) is 4.99 Å². The molecular formula is C27H28N4O. The molecule has 5 heteroatoms. The Hall–Kier alpha value is -3.44. The van der Waals surface area contributed by atoms with Gasteiger partial charge in [-0.05, 0) is 25.0 Å². The van der Waals surface area contributed by atoms with Gasteiger partial charge in [0.25, 0.3) is 0 Å². The van der Waals surface area contributed by atoms with Crippen molar-refractivity contribution in [2.24, 2.45) is 10.9 Å². The monoisotopic (exact) mass is 424 g/mol. The number of hydrogen-bond acceptors (Lipinski definition) is 4. The van der Waals surface area contributed by atoms with Crippen molar-refractivity contribution >= 4 is 22.7 Å². The van der Waals surface area contributed by atoms with Crippen molar-refractivity contribution in [1.29, 1.82) is 0 Å². The highest BCUT2D eigenvalue weighted by molar-refractivity contribution is 6.13. The van der Waals surface area contributed by atoms with E-state index >= 15 is 0 Å². The number of fused-ring (bicyclic) bond motifs is 1. The van der Waals surface area contributed by atoms with Crippen molar-refractivity contribution in [3.8, 4) is 0 Å². The smallest absolute Gasteiger partial charge is 0.156 e. The summed E-state index contributed by atoms with van der Waals surface area (Å²) in [5.41, 5.74) is 5.04. The Morgan fingerprint density at radius 3 is 2.31 bits per heavy atom. The van der Waals surface area contributed by atoms with Crippen LogP contribution in [0.5, 0.6) is 0 Å². The zero-order valence-electron chi connectivity index (χ0n) is 18.1. The minimum absolute atomic E-state index is 0.226. The molecule has 5 rings (SSSR count). The van der Waals surface area contributed by atoms with E-state index in [0.717, 1.165) is 46.7 Å². The minimum atomic E-state index is 0.226. The number of aliphatic hydroxyl groups excluding tert-OH is 1. The predicted octanol–water partition coefficient (Wildman–Crippen LogP) is 5.47. The topological polar surface area (TPSA) is 61.9 Å². The minimum Gasteiger partial charge on any atom is -0.396 e. The maximum absolute atomic E-state index is 9.83. The molecule has 2 atom stereocenters. The highest BCUT2D eigenvalue weighted by Gasteiger charge is 2.24. The quantitative estimate of drug-likeness (QED) is 0.404. The third-order valence-corrected chi connectivity index (χ3v) is 6.29. The van der Waals surface area contributed by atoms with Crippen LogP contribution < -0.4 is 5.32 Å². The van der Waals surface area contributed by atoms with Gasteiger partial charge in [-0.3, -0.25) is 0 Å². The lowest BCUT2D eigenvalue weighted by molar-refractivity contribution is 0.178.